The van der Waals surface area contributed by atoms with Crippen molar-refractivity contribution >= 4 is 7.14 Å². The lowest BCUT2D eigenvalue weighted by molar-refractivity contribution is 0.549. The van der Waals surface area contributed by atoms with Crippen molar-refractivity contribution in [2.75, 3.05) is 0 Å². The quantitative estimate of drug-likeness (QED) is 0.591. The summed E-state index contributed by atoms with van der Waals surface area (Å²) in [6, 6.07) is 8.30. The number of hydrogen-bond donors (Lipinski definition) is 0. The molecule has 0 aromatic heterocycles. The van der Waals surface area contributed by atoms with Gasteiger partial charge in [-0.25, -0.2) is 0 Å². The van der Waals surface area contributed by atoms with E-state index >= 15 is 0 Å². The molecule has 1 heterocycles. The fraction of sp³-hybridized carbons (Fsp3) is 0.500. The van der Waals surface area contributed by atoms with Crippen LogP contribution in [0, 0.1) is 0 Å². The van der Waals surface area contributed by atoms with Crippen LogP contribution < -0.4 is 0 Å². The molecule has 14 heavy (non-hydrogen) atoms. The van der Waals surface area contributed by atoms with E-state index in [1.54, 1.807) is 0 Å². The Bertz CT molecular complexity index is 372. The summed E-state index contributed by atoms with van der Waals surface area (Å²) >= 11 is 0. The normalized spacial score (nSPS) is 19.4. The second-order valence-electron chi connectivity index (χ2n) is 5.15. The molecule has 0 N–H and O–H groups in total. The van der Waals surface area contributed by atoms with Crippen molar-refractivity contribution in [1.29, 1.82) is 0 Å². The summed E-state index contributed by atoms with van der Waals surface area (Å²) in [7, 11) is -2.04. The van der Waals surface area contributed by atoms with Crippen LogP contribution in [0.25, 0.3) is 0 Å². The Balaban J connectivity index is 2.40. The Morgan fingerprint density at radius 1 is 1.07 bits per heavy atom. The maximum atomic E-state index is 12.7. The van der Waals surface area contributed by atoms with Crippen LogP contribution in [0.1, 0.15) is 31.9 Å². The predicted molar refractivity (Wildman–Crippen MR) is 61.2 cm³/mol. The van der Waals surface area contributed by atoms with E-state index < -0.39 is 7.14 Å². The molecule has 0 saturated heterocycles. The van der Waals surface area contributed by atoms with E-state index in [1.165, 1.54) is 11.1 Å². The Kier molecular flexibility index (Phi) is 2.12. The molecule has 0 bridgehead atoms. The number of benzene rings is 1. The second kappa shape index (κ2) is 2.97. The van der Waals surface area contributed by atoms with Crippen molar-refractivity contribution in [3.8, 4) is 0 Å². The van der Waals surface area contributed by atoms with E-state index in [0.717, 1.165) is 12.3 Å². The summed E-state index contributed by atoms with van der Waals surface area (Å²) in [6.07, 6.45) is 1.60. The van der Waals surface area contributed by atoms with E-state index in [2.05, 4.69) is 32.9 Å². The highest BCUT2D eigenvalue weighted by atomic mass is 31.2. The van der Waals surface area contributed by atoms with Crippen LogP contribution in [0.4, 0.5) is 0 Å². The Hall–Kier alpha value is -0.550. The average molecular weight is 208 g/mol. The largest absolute Gasteiger partial charge is 0.322 e. The van der Waals surface area contributed by atoms with Gasteiger partial charge in [-0.1, -0.05) is 45.0 Å². The van der Waals surface area contributed by atoms with Crippen LogP contribution in [0.5, 0.6) is 0 Å². The molecule has 1 aliphatic rings. The first kappa shape index (κ1) is 9.98. The van der Waals surface area contributed by atoms with Crippen molar-refractivity contribution in [1.82, 2.24) is 0 Å². The second-order valence-corrected chi connectivity index (χ2v) is 8.90. The topological polar surface area (TPSA) is 17.1 Å². The molecule has 1 nitrogen and oxygen atoms in total. The van der Waals surface area contributed by atoms with E-state index in [-0.39, 0.29) is 5.16 Å². The first-order chi connectivity index (χ1) is 6.42. The van der Waals surface area contributed by atoms with Gasteiger partial charge in [0, 0.05) is 17.5 Å². The molecule has 1 aromatic carbocycles. The SMILES string of the molecule is CC(C)(C)P1(=O)Cc2ccccc2C1. The fourth-order valence-corrected chi connectivity index (χ4v) is 4.72. The summed E-state index contributed by atoms with van der Waals surface area (Å²) in [5, 5.41) is -0.0496. The Morgan fingerprint density at radius 3 is 1.86 bits per heavy atom. The lowest BCUT2D eigenvalue weighted by Gasteiger charge is -2.27. The van der Waals surface area contributed by atoms with Gasteiger partial charge in [0.25, 0.3) is 0 Å². The molecule has 0 atom stereocenters. The van der Waals surface area contributed by atoms with Crippen LogP contribution in [0.3, 0.4) is 0 Å². The van der Waals surface area contributed by atoms with Gasteiger partial charge in [-0.3, -0.25) is 0 Å². The van der Waals surface area contributed by atoms with Gasteiger partial charge < -0.3 is 4.57 Å². The third-order valence-corrected chi connectivity index (χ3v) is 7.34. The molecule has 2 rings (SSSR count). The molecule has 1 aromatic rings. The van der Waals surface area contributed by atoms with Crippen molar-refractivity contribution in [3.05, 3.63) is 35.4 Å². The molecule has 0 aliphatic carbocycles. The van der Waals surface area contributed by atoms with Crippen LogP contribution in [-0.2, 0) is 16.9 Å². The fourth-order valence-electron chi connectivity index (χ4n) is 1.95. The highest BCUT2D eigenvalue weighted by Gasteiger charge is 2.41. The maximum absolute atomic E-state index is 12.7. The minimum atomic E-state index is -2.04. The molecule has 0 radical (unpaired) electrons. The highest BCUT2D eigenvalue weighted by molar-refractivity contribution is 7.64. The molecule has 1 aliphatic heterocycles. The molecule has 0 amide bonds. The van der Waals surface area contributed by atoms with Gasteiger partial charge >= 0.3 is 0 Å². The minimum Gasteiger partial charge on any atom is -0.322 e. The number of rotatable bonds is 0. The smallest absolute Gasteiger partial charge is 0.101 e. The van der Waals surface area contributed by atoms with Gasteiger partial charge in [-0.05, 0) is 11.1 Å². The summed E-state index contributed by atoms with van der Waals surface area (Å²) in [5.41, 5.74) is 2.59. The number of fused-ring (bicyclic) bond motifs is 1. The minimum absolute atomic E-state index is 0.0496. The average Bonchev–Trinajstić information content (AvgIpc) is 2.40. The first-order valence-corrected chi connectivity index (χ1v) is 7.15. The molecule has 0 saturated carbocycles. The maximum Gasteiger partial charge on any atom is 0.101 e. The van der Waals surface area contributed by atoms with Crippen molar-refractivity contribution in [2.24, 2.45) is 0 Å². The molecular formula is C12H17OP. The Labute approximate surface area is 85.9 Å². The highest BCUT2D eigenvalue weighted by Crippen LogP contribution is 2.66. The zero-order chi connectivity index (χ0) is 10.4. The van der Waals surface area contributed by atoms with Crippen molar-refractivity contribution in [2.45, 2.75) is 38.3 Å². The lowest BCUT2D eigenvalue weighted by atomic mass is 10.1. The first-order valence-electron chi connectivity index (χ1n) is 5.07. The van der Waals surface area contributed by atoms with Gasteiger partial charge in [0.1, 0.15) is 7.14 Å². The van der Waals surface area contributed by atoms with Crippen LogP contribution in [0.15, 0.2) is 24.3 Å². The summed E-state index contributed by atoms with van der Waals surface area (Å²) in [6.45, 7) is 6.29. The van der Waals surface area contributed by atoms with Gasteiger partial charge in [0.05, 0.1) is 0 Å². The third-order valence-electron chi connectivity index (χ3n) is 3.19. The van der Waals surface area contributed by atoms with Gasteiger partial charge in [-0.2, -0.15) is 0 Å². The molecule has 2 heteroatoms. The van der Waals surface area contributed by atoms with E-state index in [0.29, 0.717) is 0 Å². The number of hydrogen-bond acceptors (Lipinski definition) is 1. The zero-order valence-corrected chi connectivity index (χ0v) is 9.97. The monoisotopic (exact) mass is 208 g/mol. The Morgan fingerprint density at radius 2 is 1.50 bits per heavy atom. The molecule has 0 spiro atoms. The third kappa shape index (κ3) is 1.44. The van der Waals surface area contributed by atoms with E-state index in [9.17, 15) is 4.57 Å². The van der Waals surface area contributed by atoms with E-state index in [4.69, 9.17) is 0 Å². The van der Waals surface area contributed by atoms with Crippen molar-refractivity contribution < 1.29 is 4.57 Å². The van der Waals surface area contributed by atoms with Crippen LogP contribution >= 0.6 is 7.14 Å². The summed E-state index contributed by atoms with van der Waals surface area (Å²) in [4.78, 5) is 0. The molecule has 76 valence electrons. The van der Waals surface area contributed by atoms with Crippen molar-refractivity contribution in [3.63, 3.8) is 0 Å². The standard InChI is InChI=1S/C12H17OP/c1-12(2,3)14(13)8-10-6-4-5-7-11(10)9-14/h4-7H,8-9H2,1-3H3. The van der Waals surface area contributed by atoms with Gasteiger partial charge in [-0.15, -0.1) is 0 Å². The summed E-state index contributed by atoms with van der Waals surface area (Å²) in [5.74, 6) is 0. The van der Waals surface area contributed by atoms with Gasteiger partial charge in [0.15, 0.2) is 0 Å². The zero-order valence-electron chi connectivity index (χ0n) is 9.08. The lowest BCUT2D eigenvalue weighted by Crippen LogP contribution is -2.14. The predicted octanol–water partition coefficient (Wildman–Crippen LogP) is 3.86. The van der Waals surface area contributed by atoms with Gasteiger partial charge in [0.2, 0.25) is 0 Å². The molecular weight excluding hydrogens is 191 g/mol. The summed E-state index contributed by atoms with van der Waals surface area (Å²) < 4.78 is 12.7. The molecule has 0 fully saturated rings. The van der Waals surface area contributed by atoms with Crippen LogP contribution in [0.2, 0.25) is 0 Å². The molecule has 0 unspecified atom stereocenters. The van der Waals surface area contributed by atoms with Crippen LogP contribution in [-0.4, -0.2) is 5.16 Å². The van der Waals surface area contributed by atoms with E-state index in [1.807, 2.05) is 12.1 Å².